The number of carbonyl (C=O) groups is 1. The van der Waals surface area contributed by atoms with Gasteiger partial charge in [-0.2, -0.15) is 11.8 Å². The van der Waals surface area contributed by atoms with E-state index in [4.69, 9.17) is 4.74 Å². The maximum absolute atomic E-state index is 13.0. The molecular formula is C16H29NO2S. The minimum absolute atomic E-state index is 0.00475. The molecule has 1 spiro atoms. The van der Waals surface area contributed by atoms with E-state index in [1.54, 1.807) is 0 Å². The predicted octanol–water partition coefficient (Wildman–Crippen LogP) is 2.98. The van der Waals surface area contributed by atoms with Crippen molar-refractivity contribution in [3.8, 4) is 0 Å². The summed E-state index contributed by atoms with van der Waals surface area (Å²) in [6.45, 7) is 4.97. The smallest absolute Gasteiger partial charge is 0.156 e. The summed E-state index contributed by atoms with van der Waals surface area (Å²) >= 11 is 2.01. The van der Waals surface area contributed by atoms with Crippen molar-refractivity contribution in [2.75, 3.05) is 32.2 Å². The molecule has 0 amide bonds. The number of carbonyl (C=O) groups excluding carboxylic acids is 1. The molecule has 0 aromatic carbocycles. The molecule has 2 unspecified atom stereocenters. The first-order valence-electron chi connectivity index (χ1n) is 7.87. The van der Waals surface area contributed by atoms with E-state index in [1.807, 2.05) is 25.9 Å². The van der Waals surface area contributed by atoms with Crippen LogP contribution in [0.3, 0.4) is 0 Å². The first kappa shape index (κ1) is 16.3. The maximum Gasteiger partial charge on any atom is 0.156 e. The fourth-order valence-corrected chi connectivity index (χ4v) is 4.73. The van der Waals surface area contributed by atoms with E-state index in [0.717, 1.165) is 38.7 Å². The molecule has 2 saturated heterocycles. The summed E-state index contributed by atoms with van der Waals surface area (Å²) in [5.74, 6) is 2.96. The molecule has 2 rings (SSSR count). The molecule has 116 valence electrons. The topological polar surface area (TPSA) is 29.5 Å². The van der Waals surface area contributed by atoms with E-state index >= 15 is 0 Å². The molecule has 0 saturated carbocycles. The first-order valence-corrected chi connectivity index (χ1v) is 9.02. The standard InChI is InChI=1S/C16H29NO2S/c1-5-15(2,17(3)4)14(18)13-6-9-19-16(12-13)7-10-20-11-8-16/h13H,5-12H2,1-4H3. The minimum atomic E-state index is -0.327. The number of nitrogens with zero attached hydrogens (tertiary/aromatic N) is 1. The summed E-state index contributed by atoms with van der Waals surface area (Å²) in [5, 5.41) is 0. The average Bonchev–Trinajstić information content (AvgIpc) is 2.46. The van der Waals surface area contributed by atoms with Crippen molar-refractivity contribution in [3.05, 3.63) is 0 Å². The minimum Gasteiger partial charge on any atom is -0.375 e. The number of Topliss-reactive ketones (excluding diaryl/α,β-unsaturated/α-hetero) is 1. The zero-order valence-corrected chi connectivity index (χ0v) is 14.2. The Morgan fingerprint density at radius 2 is 2.05 bits per heavy atom. The van der Waals surface area contributed by atoms with Crippen LogP contribution in [-0.2, 0) is 9.53 Å². The normalized spacial score (nSPS) is 29.4. The second kappa shape index (κ2) is 6.37. The van der Waals surface area contributed by atoms with Gasteiger partial charge < -0.3 is 4.74 Å². The molecule has 0 bridgehead atoms. The Morgan fingerprint density at radius 1 is 1.40 bits per heavy atom. The van der Waals surface area contributed by atoms with Gasteiger partial charge in [0, 0.05) is 12.5 Å². The summed E-state index contributed by atoms with van der Waals surface area (Å²) < 4.78 is 6.11. The van der Waals surface area contributed by atoms with Gasteiger partial charge in [0.2, 0.25) is 0 Å². The van der Waals surface area contributed by atoms with Gasteiger partial charge in [-0.1, -0.05) is 6.92 Å². The quantitative estimate of drug-likeness (QED) is 0.798. The molecule has 0 radical (unpaired) electrons. The number of hydrogen-bond acceptors (Lipinski definition) is 4. The Balaban J connectivity index is 2.10. The van der Waals surface area contributed by atoms with Crippen molar-refractivity contribution >= 4 is 17.5 Å². The van der Waals surface area contributed by atoms with Crippen LogP contribution in [0.15, 0.2) is 0 Å². The Hall–Kier alpha value is -0.0600. The van der Waals surface area contributed by atoms with Crippen molar-refractivity contribution in [1.82, 2.24) is 4.90 Å². The van der Waals surface area contributed by atoms with Gasteiger partial charge in [0.25, 0.3) is 0 Å². The summed E-state index contributed by atoms with van der Waals surface area (Å²) in [5.41, 5.74) is -0.322. The van der Waals surface area contributed by atoms with Gasteiger partial charge in [0.15, 0.2) is 5.78 Å². The van der Waals surface area contributed by atoms with E-state index in [9.17, 15) is 4.79 Å². The molecule has 0 aromatic rings. The van der Waals surface area contributed by atoms with Crippen LogP contribution in [0.5, 0.6) is 0 Å². The lowest BCUT2D eigenvalue weighted by Gasteiger charge is -2.45. The number of likely N-dealkylation sites (N-methyl/N-ethyl adjacent to an activating group) is 1. The highest BCUT2D eigenvalue weighted by Gasteiger charge is 2.45. The lowest BCUT2D eigenvalue weighted by molar-refractivity contribution is -0.147. The second-order valence-corrected chi connectivity index (χ2v) is 7.94. The van der Waals surface area contributed by atoms with E-state index in [2.05, 4.69) is 18.7 Å². The van der Waals surface area contributed by atoms with Crippen LogP contribution >= 0.6 is 11.8 Å². The summed E-state index contributed by atoms with van der Waals surface area (Å²) in [4.78, 5) is 15.1. The fraction of sp³-hybridized carbons (Fsp3) is 0.938. The first-order chi connectivity index (χ1) is 9.43. The molecule has 3 nitrogen and oxygen atoms in total. The Morgan fingerprint density at radius 3 is 2.60 bits per heavy atom. The number of ketones is 1. The Labute approximate surface area is 127 Å². The number of thioether (sulfide) groups is 1. The van der Waals surface area contributed by atoms with Crippen molar-refractivity contribution in [2.45, 2.75) is 57.1 Å². The Kier molecular flexibility index (Phi) is 5.19. The molecule has 0 aliphatic carbocycles. The molecule has 2 heterocycles. The van der Waals surface area contributed by atoms with Gasteiger partial charge in [-0.3, -0.25) is 9.69 Å². The third-order valence-electron chi connectivity index (χ3n) is 5.47. The van der Waals surface area contributed by atoms with Gasteiger partial charge >= 0.3 is 0 Å². The average molecular weight is 299 g/mol. The molecule has 2 aliphatic heterocycles. The largest absolute Gasteiger partial charge is 0.375 e. The predicted molar refractivity (Wildman–Crippen MR) is 85.4 cm³/mol. The van der Waals surface area contributed by atoms with E-state index < -0.39 is 0 Å². The highest BCUT2D eigenvalue weighted by molar-refractivity contribution is 7.99. The van der Waals surface area contributed by atoms with Gasteiger partial charge in [-0.15, -0.1) is 0 Å². The fourth-order valence-electron chi connectivity index (χ4n) is 3.49. The maximum atomic E-state index is 13.0. The lowest BCUT2D eigenvalue weighted by Crippen LogP contribution is -2.54. The molecule has 20 heavy (non-hydrogen) atoms. The van der Waals surface area contributed by atoms with Gasteiger partial charge in [0.05, 0.1) is 11.1 Å². The molecular weight excluding hydrogens is 270 g/mol. The zero-order chi connectivity index (χ0) is 14.8. The Bertz CT molecular complexity index is 347. The monoisotopic (exact) mass is 299 g/mol. The van der Waals surface area contributed by atoms with Gasteiger partial charge in [0.1, 0.15) is 0 Å². The molecule has 2 atom stereocenters. The van der Waals surface area contributed by atoms with Crippen molar-refractivity contribution in [2.24, 2.45) is 5.92 Å². The third kappa shape index (κ3) is 3.07. The molecule has 2 fully saturated rings. The van der Waals surface area contributed by atoms with Crippen LogP contribution in [0, 0.1) is 5.92 Å². The summed E-state index contributed by atoms with van der Waals surface area (Å²) in [6.07, 6.45) is 4.95. The number of rotatable bonds is 4. The van der Waals surface area contributed by atoms with Crippen LogP contribution < -0.4 is 0 Å². The van der Waals surface area contributed by atoms with Crippen molar-refractivity contribution in [3.63, 3.8) is 0 Å². The highest BCUT2D eigenvalue weighted by atomic mass is 32.2. The number of ether oxygens (including phenoxy) is 1. The molecule has 0 aromatic heterocycles. The van der Waals surface area contributed by atoms with Crippen LogP contribution in [0.1, 0.15) is 46.0 Å². The van der Waals surface area contributed by atoms with E-state index in [0.29, 0.717) is 5.78 Å². The SMILES string of the molecule is CCC(C)(C(=O)C1CCOC2(CCSCC2)C1)N(C)C. The molecule has 0 N–H and O–H groups in total. The van der Waals surface area contributed by atoms with Crippen LogP contribution in [0.4, 0.5) is 0 Å². The van der Waals surface area contributed by atoms with Crippen molar-refractivity contribution in [1.29, 1.82) is 0 Å². The molecule has 4 heteroatoms. The van der Waals surface area contributed by atoms with Gasteiger partial charge in [-0.05, 0) is 64.6 Å². The number of hydrogen-bond donors (Lipinski definition) is 0. The van der Waals surface area contributed by atoms with Crippen LogP contribution in [0.25, 0.3) is 0 Å². The summed E-state index contributed by atoms with van der Waals surface area (Å²) in [7, 11) is 4.04. The second-order valence-electron chi connectivity index (χ2n) is 6.72. The van der Waals surface area contributed by atoms with E-state index in [1.165, 1.54) is 11.5 Å². The lowest BCUT2D eigenvalue weighted by atomic mass is 9.74. The molecule has 2 aliphatic rings. The summed E-state index contributed by atoms with van der Waals surface area (Å²) in [6, 6.07) is 0. The van der Waals surface area contributed by atoms with Crippen LogP contribution in [0.2, 0.25) is 0 Å². The third-order valence-corrected chi connectivity index (χ3v) is 6.46. The zero-order valence-electron chi connectivity index (χ0n) is 13.4. The van der Waals surface area contributed by atoms with Crippen molar-refractivity contribution < 1.29 is 9.53 Å². The van der Waals surface area contributed by atoms with Crippen LogP contribution in [-0.4, -0.2) is 54.0 Å². The van der Waals surface area contributed by atoms with Gasteiger partial charge in [-0.25, -0.2) is 0 Å². The van der Waals surface area contributed by atoms with E-state index in [-0.39, 0.29) is 17.1 Å². The highest BCUT2D eigenvalue weighted by Crippen LogP contribution is 2.41.